The Morgan fingerprint density at radius 3 is 2.16 bits per heavy atom. The van der Waals surface area contributed by atoms with Crippen LogP contribution in [0.4, 0.5) is 11.5 Å². The van der Waals surface area contributed by atoms with E-state index in [4.69, 9.17) is 14.2 Å². The molecule has 0 spiro atoms. The van der Waals surface area contributed by atoms with Gasteiger partial charge in [-0.3, -0.25) is 4.79 Å². The fourth-order valence-corrected chi connectivity index (χ4v) is 3.33. The van der Waals surface area contributed by atoms with E-state index in [1.807, 2.05) is 37.3 Å². The van der Waals surface area contributed by atoms with Gasteiger partial charge in [-0.25, -0.2) is 9.97 Å². The molecule has 4 rings (SSSR count). The molecule has 0 aliphatic heterocycles. The lowest BCUT2D eigenvalue weighted by Crippen LogP contribution is -2.25. The Kier molecular flexibility index (Phi) is 6.11. The third-order valence-corrected chi connectivity index (χ3v) is 5.11. The highest BCUT2D eigenvalue weighted by Gasteiger charge is 2.23. The van der Waals surface area contributed by atoms with Crippen molar-refractivity contribution in [2.75, 3.05) is 26.6 Å². The molecule has 1 heterocycles. The van der Waals surface area contributed by atoms with E-state index in [9.17, 15) is 4.79 Å². The summed E-state index contributed by atoms with van der Waals surface area (Å²) < 4.78 is 16.2. The minimum absolute atomic E-state index is 0.0473. The van der Waals surface area contributed by atoms with E-state index in [0.29, 0.717) is 40.5 Å². The number of rotatable bonds is 8. The van der Waals surface area contributed by atoms with Gasteiger partial charge in [0.05, 0.1) is 21.3 Å². The molecule has 0 radical (unpaired) electrons. The molecule has 1 aromatic heterocycles. The largest absolute Gasteiger partial charge is 0.493 e. The molecule has 3 aromatic rings. The Bertz CT molecular complexity index is 1100. The summed E-state index contributed by atoms with van der Waals surface area (Å²) in [5, 5.41) is 6.28. The monoisotopic (exact) mass is 434 g/mol. The molecule has 1 aliphatic carbocycles. The third-order valence-electron chi connectivity index (χ3n) is 5.11. The number of ether oxygens (including phenoxy) is 3. The molecule has 166 valence electrons. The van der Waals surface area contributed by atoms with Crippen LogP contribution in [0.15, 0.2) is 42.5 Å². The number of methoxy groups -OCH3 is 3. The van der Waals surface area contributed by atoms with Crippen LogP contribution in [0.2, 0.25) is 0 Å². The Morgan fingerprint density at radius 1 is 0.938 bits per heavy atom. The number of nitrogens with one attached hydrogen (secondary N) is 2. The quantitative estimate of drug-likeness (QED) is 0.551. The van der Waals surface area contributed by atoms with E-state index in [1.54, 1.807) is 33.5 Å². The van der Waals surface area contributed by atoms with E-state index in [0.717, 1.165) is 29.8 Å². The average Bonchev–Trinajstić information content (AvgIpc) is 3.62. The van der Waals surface area contributed by atoms with Gasteiger partial charge in [-0.15, -0.1) is 0 Å². The molecule has 1 amide bonds. The summed E-state index contributed by atoms with van der Waals surface area (Å²) in [5.41, 5.74) is 2.99. The van der Waals surface area contributed by atoms with Gasteiger partial charge in [0.2, 0.25) is 5.75 Å². The SMILES string of the molecule is COc1cc(Nc2cc(C)nc(-c3ccc(C(=O)NC4CC4)cc3)n2)cc(OC)c1OC. The molecular weight excluding hydrogens is 408 g/mol. The first kappa shape index (κ1) is 21.4. The standard InChI is InChI=1S/C24H26N4O4/c1-14-11-21(26-18-12-19(30-2)22(32-4)20(13-18)31-3)28-23(25-14)15-5-7-16(8-6-15)24(29)27-17-9-10-17/h5-8,11-13,17H,9-10H2,1-4H3,(H,27,29)(H,25,26,28). The van der Waals surface area contributed by atoms with Crippen molar-refractivity contribution in [1.82, 2.24) is 15.3 Å². The third kappa shape index (κ3) is 4.74. The summed E-state index contributed by atoms with van der Waals surface area (Å²) in [5.74, 6) is 2.74. The van der Waals surface area contributed by atoms with E-state index >= 15 is 0 Å². The Labute approximate surface area is 187 Å². The van der Waals surface area contributed by atoms with Crippen molar-refractivity contribution in [2.24, 2.45) is 0 Å². The number of amides is 1. The molecular formula is C24H26N4O4. The summed E-state index contributed by atoms with van der Waals surface area (Å²) in [7, 11) is 4.71. The van der Waals surface area contributed by atoms with Gasteiger partial charge in [-0.2, -0.15) is 0 Å². The lowest BCUT2D eigenvalue weighted by molar-refractivity contribution is 0.0951. The fourth-order valence-electron chi connectivity index (χ4n) is 3.33. The first-order valence-electron chi connectivity index (χ1n) is 10.3. The van der Waals surface area contributed by atoms with E-state index in [1.165, 1.54) is 0 Å². The van der Waals surface area contributed by atoms with Crippen molar-refractivity contribution in [3.05, 3.63) is 53.7 Å². The van der Waals surface area contributed by atoms with Gasteiger partial charge in [0.1, 0.15) is 5.82 Å². The van der Waals surface area contributed by atoms with Crippen LogP contribution in [0.25, 0.3) is 11.4 Å². The molecule has 0 saturated heterocycles. The predicted octanol–water partition coefficient (Wildman–Crippen LogP) is 4.11. The minimum atomic E-state index is -0.0473. The lowest BCUT2D eigenvalue weighted by atomic mass is 10.1. The first-order chi connectivity index (χ1) is 15.5. The highest BCUT2D eigenvalue weighted by molar-refractivity contribution is 5.95. The number of hydrogen-bond acceptors (Lipinski definition) is 7. The number of aryl methyl sites for hydroxylation is 1. The van der Waals surface area contributed by atoms with Crippen LogP contribution < -0.4 is 24.8 Å². The molecule has 0 atom stereocenters. The molecule has 1 saturated carbocycles. The Hall–Kier alpha value is -3.81. The smallest absolute Gasteiger partial charge is 0.251 e. The maximum absolute atomic E-state index is 12.2. The van der Waals surface area contributed by atoms with Crippen molar-refractivity contribution < 1.29 is 19.0 Å². The second-order valence-electron chi connectivity index (χ2n) is 7.58. The van der Waals surface area contributed by atoms with Crippen molar-refractivity contribution in [3.63, 3.8) is 0 Å². The van der Waals surface area contributed by atoms with E-state index in [-0.39, 0.29) is 5.91 Å². The van der Waals surface area contributed by atoms with Crippen LogP contribution in [0.5, 0.6) is 17.2 Å². The summed E-state index contributed by atoms with van der Waals surface area (Å²) in [4.78, 5) is 21.4. The maximum Gasteiger partial charge on any atom is 0.251 e. The highest BCUT2D eigenvalue weighted by atomic mass is 16.5. The van der Waals surface area contributed by atoms with Crippen LogP contribution in [0.3, 0.4) is 0 Å². The normalized spacial score (nSPS) is 12.8. The number of hydrogen-bond donors (Lipinski definition) is 2. The van der Waals surface area contributed by atoms with Crippen molar-refractivity contribution in [2.45, 2.75) is 25.8 Å². The Morgan fingerprint density at radius 2 is 1.59 bits per heavy atom. The zero-order valence-corrected chi connectivity index (χ0v) is 18.6. The molecule has 2 N–H and O–H groups in total. The topological polar surface area (TPSA) is 94.6 Å². The summed E-state index contributed by atoms with van der Waals surface area (Å²) >= 11 is 0. The van der Waals surface area contributed by atoms with E-state index in [2.05, 4.69) is 20.6 Å². The molecule has 32 heavy (non-hydrogen) atoms. The summed E-state index contributed by atoms with van der Waals surface area (Å²) in [6, 6.07) is 13.1. The number of anilines is 2. The number of carbonyl (C=O) groups is 1. The zero-order valence-electron chi connectivity index (χ0n) is 18.6. The van der Waals surface area contributed by atoms with Gasteiger partial charge < -0.3 is 24.8 Å². The molecule has 8 heteroatoms. The lowest BCUT2D eigenvalue weighted by Gasteiger charge is -2.15. The van der Waals surface area contributed by atoms with Crippen molar-refractivity contribution >= 4 is 17.4 Å². The van der Waals surface area contributed by atoms with Crippen LogP contribution in [-0.2, 0) is 0 Å². The van der Waals surface area contributed by atoms with Gasteiger partial charge in [-0.05, 0) is 31.9 Å². The summed E-state index contributed by atoms with van der Waals surface area (Å²) in [6.45, 7) is 1.91. The number of nitrogens with zero attached hydrogens (tertiary/aromatic N) is 2. The van der Waals surface area contributed by atoms with Gasteiger partial charge in [0, 0.05) is 46.7 Å². The minimum Gasteiger partial charge on any atom is -0.493 e. The number of benzene rings is 2. The summed E-state index contributed by atoms with van der Waals surface area (Å²) in [6.07, 6.45) is 2.12. The van der Waals surface area contributed by atoms with Crippen molar-refractivity contribution in [3.8, 4) is 28.6 Å². The Balaban J connectivity index is 1.58. The second kappa shape index (κ2) is 9.13. The fraction of sp³-hybridized carbons (Fsp3) is 0.292. The molecule has 1 aliphatic rings. The van der Waals surface area contributed by atoms with Gasteiger partial charge in [0.15, 0.2) is 17.3 Å². The zero-order chi connectivity index (χ0) is 22.7. The van der Waals surface area contributed by atoms with Crippen LogP contribution >= 0.6 is 0 Å². The van der Waals surface area contributed by atoms with E-state index < -0.39 is 0 Å². The van der Waals surface area contributed by atoms with Gasteiger partial charge >= 0.3 is 0 Å². The van der Waals surface area contributed by atoms with Crippen LogP contribution in [0, 0.1) is 6.92 Å². The first-order valence-corrected chi connectivity index (χ1v) is 10.3. The molecule has 8 nitrogen and oxygen atoms in total. The van der Waals surface area contributed by atoms with Crippen LogP contribution in [-0.4, -0.2) is 43.2 Å². The maximum atomic E-state index is 12.2. The molecule has 1 fully saturated rings. The molecule has 0 unspecified atom stereocenters. The predicted molar refractivity (Wildman–Crippen MR) is 122 cm³/mol. The molecule has 0 bridgehead atoms. The van der Waals surface area contributed by atoms with Gasteiger partial charge in [-0.1, -0.05) is 12.1 Å². The average molecular weight is 434 g/mol. The number of carbonyl (C=O) groups excluding carboxylic acids is 1. The van der Waals surface area contributed by atoms with Gasteiger partial charge in [0.25, 0.3) is 5.91 Å². The molecule has 2 aromatic carbocycles. The highest BCUT2D eigenvalue weighted by Crippen LogP contribution is 2.40. The number of aromatic nitrogens is 2. The van der Waals surface area contributed by atoms with Crippen LogP contribution in [0.1, 0.15) is 28.9 Å². The van der Waals surface area contributed by atoms with Crippen molar-refractivity contribution in [1.29, 1.82) is 0 Å². The second-order valence-corrected chi connectivity index (χ2v) is 7.58.